The van der Waals surface area contributed by atoms with Gasteiger partial charge < -0.3 is 0 Å². The minimum Gasteiger partial charge on any atom is -0.281 e. The SMILES string of the molecule is O=S(=O)(O)C(F)(F)C(F)(F)C(F)(F)C(F)(F)C(F)(F)C(F)(F)C(F)(F)C(F)C(F)(F)F.c1ccncc1. The van der Waals surface area contributed by atoms with E-state index in [1.807, 2.05) is 18.2 Å². The Labute approximate surface area is 192 Å². The van der Waals surface area contributed by atoms with E-state index in [0.717, 1.165) is 0 Å². The molecule has 1 unspecified atom stereocenters. The molecule has 1 heterocycles. The zero-order valence-corrected chi connectivity index (χ0v) is 17.2. The predicted molar refractivity (Wildman–Crippen MR) is 81.4 cm³/mol. The fraction of sp³-hybridized carbons (Fsp3) is 0.643. The molecule has 0 fully saturated rings. The van der Waals surface area contributed by atoms with Crippen LogP contribution in [0.25, 0.3) is 0 Å². The normalized spacial score (nSPS) is 16.1. The Morgan fingerprint density at radius 1 is 0.568 bits per heavy atom. The van der Waals surface area contributed by atoms with Crippen LogP contribution in [0.4, 0.5) is 79.0 Å². The maximum absolute atomic E-state index is 13.2. The molecule has 23 heteroatoms. The lowest BCUT2D eigenvalue weighted by Crippen LogP contribution is -2.74. The summed E-state index contributed by atoms with van der Waals surface area (Å²) in [4.78, 5) is 3.78. The van der Waals surface area contributed by atoms with Crippen molar-refractivity contribution in [2.24, 2.45) is 0 Å². The molecule has 218 valence electrons. The standard InChI is InChI=1S/C9H2F18O3S.C5H5N/c10-1(3(13,14)15)2(11,12)4(16,17)5(18,19)6(20,21)7(22,23)8(24,25)9(26,27)31(28,29)30;1-2-4-6-5-3-1/h1H,(H,28,29,30);1-5H. The smallest absolute Gasteiger partial charge is 0.281 e. The molecule has 1 aromatic heterocycles. The first-order valence-corrected chi connectivity index (χ1v) is 9.52. The monoisotopic (exact) mass is 611 g/mol. The number of halogens is 18. The molecule has 4 nitrogen and oxygen atoms in total. The molecule has 0 saturated carbocycles. The molecule has 0 aliphatic carbocycles. The third-order valence-electron chi connectivity index (χ3n) is 3.86. The summed E-state index contributed by atoms with van der Waals surface area (Å²) in [7, 11) is -7.93. The third kappa shape index (κ3) is 5.50. The minimum atomic E-state index is -8.93. The van der Waals surface area contributed by atoms with Crippen LogP contribution in [-0.2, 0) is 10.1 Å². The van der Waals surface area contributed by atoms with E-state index in [2.05, 4.69) is 4.98 Å². The second-order valence-corrected chi connectivity index (χ2v) is 7.88. The van der Waals surface area contributed by atoms with Gasteiger partial charge in [0, 0.05) is 12.4 Å². The summed E-state index contributed by atoms with van der Waals surface area (Å²) in [6, 6.07) is 5.72. The van der Waals surface area contributed by atoms with Crippen LogP contribution in [0.1, 0.15) is 0 Å². The van der Waals surface area contributed by atoms with Gasteiger partial charge in [-0.1, -0.05) is 6.07 Å². The molecule has 0 radical (unpaired) electrons. The molecule has 0 aliphatic rings. The van der Waals surface area contributed by atoms with Crippen molar-refractivity contribution < 1.29 is 92.0 Å². The molecular weight excluding hydrogens is 604 g/mol. The molecule has 0 saturated heterocycles. The lowest BCUT2D eigenvalue weighted by Gasteiger charge is -2.42. The molecule has 0 bridgehead atoms. The first-order valence-electron chi connectivity index (χ1n) is 8.08. The molecule has 1 atom stereocenters. The highest BCUT2D eigenvalue weighted by molar-refractivity contribution is 7.87. The average Bonchev–Trinajstić information content (AvgIpc) is 2.72. The van der Waals surface area contributed by atoms with Crippen LogP contribution < -0.4 is 0 Å². The molecule has 0 aliphatic heterocycles. The summed E-state index contributed by atoms with van der Waals surface area (Å²) in [6.45, 7) is 0. The Balaban J connectivity index is 0.00000187. The topological polar surface area (TPSA) is 67.3 Å². The quantitative estimate of drug-likeness (QED) is 0.279. The van der Waals surface area contributed by atoms with Crippen LogP contribution in [-0.4, -0.2) is 71.1 Å². The van der Waals surface area contributed by atoms with Crippen LogP contribution >= 0.6 is 0 Å². The van der Waals surface area contributed by atoms with Crippen molar-refractivity contribution in [2.75, 3.05) is 0 Å². The van der Waals surface area contributed by atoms with E-state index in [0.29, 0.717) is 0 Å². The minimum absolute atomic E-state index is 1.75. The number of pyridine rings is 1. The molecule has 0 aromatic carbocycles. The van der Waals surface area contributed by atoms with E-state index < -0.39 is 63.3 Å². The van der Waals surface area contributed by atoms with Gasteiger partial charge in [-0.15, -0.1) is 0 Å². The summed E-state index contributed by atoms with van der Waals surface area (Å²) >= 11 is 0. The van der Waals surface area contributed by atoms with Gasteiger partial charge in [-0.25, -0.2) is 4.39 Å². The van der Waals surface area contributed by atoms with Crippen molar-refractivity contribution >= 4 is 10.1 Å². The highest BCUT2D eigenvalue weighted by Crippen LogP contribution is 2.63. The fourth-order valence-corrected chi connectivity index (χ4v) is 2.28. The van der Waals surface area contributed by atoms with E-state index in [9.17, 15) is 87.4 Å². The molecule has 37 heavy (non-hydrogen) atoms. The maximum atomic E-state index is 13.2. The highest BCUT2D eigenvalue weighted by atomic mass is 32.2. The van der Waals surface area contributed by atoms with Crippen LogP contribution in [0.2, 0.25) is 0 Å². The first kappa shape index (κ1) is 34.8. The van der Waals surface area contributed by atoms with Gasteiger partial charge in [-0.2, -0.15) is 83.1 Å². The van der Waals surface area contributed by atoms with Gasteiger partial charge in [-0.3, -0.25) is 9.54 Å². The Bertz CT molecular complexity index is 982. The molecule has 0 spiro atoms. The largest absolute Gasteiger partial charge is 0.438 e. The zero-order chi connectivity index (χ0) is 30.3. The van der Waals surface area contributed by atoms with Crippen molar-refractivity contribution in [3.63, 3.8) is 0 Å². The van der Waals surface area contributed by atoms with E-state index in [1.165, 1.54) is 0 Å². The van der Waals surface area contributed by atoms with E-state index in [1.54, 1.807) is 12.4 Å². The van der Waals surface area contributed by atoms with Crippen molar-refractivity contribution in [3.8, 4) is 0 Å². The number of hydrogen-bond acceptors (Lipinski definition) is 3. The Hall–Kier alpha value is -2.20. The van der Waals surface area contributed by atoms with Gasteiger partial charge >= 0.3 is 57.1 Å². The van der Waals surface area contributed by atoms with Gasteiger partial charge in [0.25, 0.3) is 6.17 Å². The van der Waals surface area contributed by atoms with Crippen molar-refractivity contribution in [3.05, 3.63) is 30.6 Å². The molecular formula is C14H7F18NO3S. The lowest BCUT2D eigenvalue weighted by atomic mass is 9.89. The molecule has 1 aromatic rings. The van der Waals surface area contributed by atoms with Gasteiger partial charge in [0.1, 0.15) is 0 Å². The highest BCUT2D eigenvalue weighted by Gasteiger charge is 2.95. The number of nitrogens with zero attached hydrogens (tertiary/aromatic N) is 1. The van der Waals surface area contributed by atoms with Crippen LogP contribution in [0.15, 0.2) is 30.6 Å². The number of alkyl halides is 18. The summed E-state index contributed by atoms with van der Waals surface area (Å²) in [5.74, 6) is -51.9. The average molecular weight is 611 g/mol. The van der Waals surface area contributed by atoms with Gasteiger partial charge in [0.15, 0.2) is 0 Å². The van der Waals surface area contributed by atoms with Crippen LogP contribution in [0.3, 0.4) is 0 Å². The van der Waals surface area contributed by atoms with E-state index >= 15 is 0 Å². The molecule has 0 amide bonds. The summed E-state index contributed by atoms with van der Waals surface area (Å²) in [5.41, 5.74) is 0. The second-order valence-electron chi connectivity index (χ2n) is 6.42. The van der Waals surface area contributed by atoms with Gasteiger partial charge in [0.2, 0.25) is 0 Å². The number of rotatable bonds is 8. The summed E-state index contributed by atoms with van der Waals surface area (Å²) < 4.78 is 258. The second kappa shape index (κ2) is 9.84. The Morgan fingerprint density at radius 2 is 0.892 bits per heavy atom. The third-order valence-corrected chi connectivity index (χ3v) is 4.76. The van der Waals surface area contributed by atoms with E-state index in [-0.39, 0.29) is 0 Å². The summed E-state index contributed by atoms with van der Waals surface area (Å²) in [6.07, 6.45) is -10.3. The number of aromatic nitrogens is 1. The fourth-order valence-electron chi connectivity index (χ4n) is 1.82. The van der Waals surface area contributed by atoms with Gasteiger partial charge in [-0.05, 0) is 12.1 Å². The lowest BCUT2D eigenvalue weighted by molar-refractivity contribution is -0.444. The number of hydrogen-bond donors (Lipinski definition) is 1. The summed E-state index contributed by atoms with van der Waals surface area (Å²) in [5, 5.41) is -7.88. The van der Waals surface area contributed by atoms with Gasteiger partial charge in [0.05, 0.1) is 0 Å². The van der Waals surface area contributed by atoms with Crippen LogP contribution in [0.5, 0.6) is 0 Å². The van der Waals surface area contributed by atoms with Crippen molar-refractivity contribution in [2.45, 2.75) is 53.1 Å². The van der Waals surface area contributed by atoms with Crippen LogP contribution in [0, 0.1) is 0 Å². The predicted octanol–water partition coefficient (Wildman–Crippen LogP) is 6.26. The molecule has 1 N–H and O–H groups in total. The van der Waals surface area contributed by atoms with E-state index in [4.69, 9.17) is 4.55 Å². The Kier molecular flexibility index (Phi) is 9.25. The Morgan fingerprint density at radius 3 is 1.14 bits per heavy atom. The first-order chi connectivity index (χ1) is 15.9. The van der Waals surface area contributed by atoms with Crippen molar-refractivity contribution in [1.82, 2.24) is 4.98 Å². The van der Waals surface area contributed by atoms with Crippen molar-refractivity contribution in [1.29, 1.82) is 0 Å². The zero-order valence-electron chi connectivity index (χ0n) is 16.4. The molecule has 1 rings (SSSR count). The maximum Gasteiger partial charge on any atom is 0.438 e.